The van der Waals surface area contributed by atoms with Crippen molar-refractivity contribution >= 4 is 11.7 Å². The Balaban J connectivity index is 1.77. The summed E-state index contributed by atoms with van der Waals surface area (Å²) < 4.78 is 1.96. The fourth-order valence-corrected chi connectivity index (χ4v) is 2.51. The van der Waals surface area contributed by atoms with Gasteiger partial charge in [-0.05, 0) is 38.7 Å². The molecule has 1 fully saturated rings. The standard InChI is InChI=1S/C15H18N4O2/c1-9-7-13(18-19(9)10(2)11-3-4-11)17-15(21)12-5-6-16-14(20)8-12/h5-8,10-11H,3-4H2,1-2H3,(H,16,20)(H,17,18,21). The summed E-state index contributed by atoms with van der Waals surface area (Å²) in [6.07, 6.45) is 3.94. The highest BCUT2D eigenvalue weighted by molar-refractivity contribution is 6.03. The summed E-state index contributed by atoms with van der Waals surface area (Å²) in [5.41, 5.74) is 1.04. The molecule has 2 heterocycles. The van der Waals surface area contributed by atoms with Crippen molar-refractivity contribution in [2.24, 2.45) is 5.92 Å². The van der Waals surface area contributed by atoms with Crippen molar-refractivity contribution in [1.29, 1.82) is 0 Å². The summed E-state index contributed by atoms with van der Waals surface area (Å²) in [5, 5.41) is 7.19. The van der Waals surface area contributed by atoms with Crippen LogP contribution >= 0.6 is 0 Å². The SMILES string of the molecule is Cc1cc(NC(=O)c2cc[nH]c(=O)c2)nn1C(C)C1CC1. The van der Waals surface area contributed by atoms with Gasteiger partial charge in [-0.2, -0.15) is 5.10 Å². The maximum atomic E-state index is 12.1. The minimum Gasteiger partial charge on any atom is -0.329 e. The second-order valence-corrected chi connectivity index (χ2v) is 5.59. The Morgan fingerprint density at radius 1 is 1.48 bits per heavy atom. The van der Waals surface area contributed by atoms with E-state index in [1.54, 1.807) is 6.07 Å². The normalized spacial score (nSPS) is 15.7. The molecule has 0 saturated heterocycles. The number of hydrogen-bond acceptors (Lipinski definition) is 3. The molecule has 110 valence electrons. The highest BCUT2D eigenvalue weighted by Gasteiger charge is 2.30. The number of aryl methyl sites for hydroxylation is 1. The molecule has 6 nitrogen and oxygen atoms in total. The zero-order valence-corrected chi connectivity index (χ0v) is 12.1. The predicted molar refractivity (Wildman–Crippen MR) is 79.4 cm³/mol. The van der Waals surface area contributed by atoms with Crippen LogP contribution in [0.4, 0.5) is 5.82 Å². The van der Waals surface area contributed by atoms with E-state index in [1.807, 2.05) is 17.7 Å². The van der Waals surface area contributed by atoms with Crippen molar-refractivity contribution in [3.8, 4) is 0 Å². The molecule has 1 unspecified atom stereocenters. The first kappa shape index (κ1) is 13.6. The molecule has 0 aliphatic heterocycles. The van der Waals surface area contributed by atoms with Gasteiger partial charge < -0.3 is 10.3 Å². The lowest BCUT2D eigenvalue weighted by Crippen LogP contribution is -2.16. The number of nitrogens with zero attached hydrogens (tertiary/aromatic N) is 2. The fourth-order valence-electron chi connectivity index (χ4n) is 2.51. The summed E-state index contributed by atoms with van der Waals surface area (Å²) in [7, 11) is 0. The van der Waals surface area contributed by atoms with Crippen molar-refractivity contribution in [1.82, 2.24) is 14.8 Å². The topological polar surface area (TPSA) is 79.8 Å². The third kappa shape index (κ3) is 2.89. The van der Waals surface area contributed by atoms with Crippen LogP contribution in [0.5, 0.6) is 0 Å². The zero-order valence-electron chi connectivity index (χ0n) is 12.1. The van der Waals surface area contributed by atoms with E-state index < -0.39 is 0 Å². The first-order chi connectivity index (χ1) is 10.0. The summed E-state index contributed by atoms with van der Waals surface area (Å²) in [6.45, 7) is 4.13. The monoisotopic (exact) mass is 286 g/mol. The van der Waals surface area contributed by atoms with Crippen molar-refractivity contribution in [2.45, 2.75) is 32.7 Å². The molecule has 6 heteroatoms. The number of amides is 1. The van der Waals surface area contributed by atoms with Crippen LogP contribution in [0.3, 0.4) is 0 Å². The lowest BCUT2D eigenvalue weighted by molar-refractivity contribution is 0.102. The summed E-state index contributed by atoms with van der Waals surface area (Å²) >= 11 is 0. The Morgan fingerprint density at radius 3 is 2.90 bits per heavy atom. The molecule has 1 saturated carbocycles. The minimum absolute atomic E-state index is 0.299. The molecule has 0 aromatic carbocycles. The van der Waals surface area contributed by atoms with E-state index in [4.69, 9.17) is 0 Å². The van der Waals surface area contributed by atoms with Crippen molar-refractivity contribution < 1.29 is 4.79 Å². The number of rotatable bonds is 4. The maximum Gasteiger partial charge on any atom is 0.257 e. The first-order valence-corrected chi connectivity index (χ1v) is 7.11. The highest BCUT2D eigenvalue weighted by atomic mass is 16.2. The molecule has 3 rings (SSSR count). The van der Waals surface area contributed by atoms with Crippen molar-refractivity contribution in [3.05, 3.63) is 46.0 Å². The van der Waals surface area contributed by atoms with E-state index in [0.717, 1.165) is 5.69 Å². The van der Waals surface area contributed by atoms with E-state index in [2.05, 4.69) is 22.3 Å². The van der Waals surface area contributed by atoms with E-state index in [9.17, 15) is 9.59 Å². The molecule has 2 aromatic rings. The van der Waals surface area contributed by atoms with Gasteiger partial charge in [0, 0.05) is 29.6 Å². The number of carbonyl (C=O) groups is 1. The summed E-state index contributed by atoms with van der Waals surface area (Å²) in [4.78, 5) is 25.8. The molecule has 1 atom stereocenters. The zero-order chi connectivity index (χ0) is 15.0. The number of aromatic amines is 1. The Labute approximate surface area is 122 Å². The Hall–Kier alpha value is -2.37. The van der Waals surface area contributed by atoms with Gasteiger partial charge >= 0.3 is 0 Å². The van der Waals surface area contributed by atoms with E-state index in [0.29, 0.717) is 23.3 Å². The van der Waals surface area contributed by atoms with Gasteiger partial charge in [0.2, 0.25) is 5.56 Å². The number of carbonyl (C=O) groups excluding carboxylic acids is 1. The molecule has 1 aliphatic rings. The second-order valence-electron chi connectivity index (χ2n) is 5.59. The van der Waals surface area contributed by atoms with Crippen LogP contribution in [0.2, 0.25) is 0 Å². The van der Waals surface area contributed by atoms with Gasteiger partial charge in [0.05, 0.1) is 6.04 Å². The predicted octanol–water partition coefficient (Wildman–Crippen LogP) is 2.10. The van der Waals surface area contributed by atoms with Gasteiger partial charge in [0.1, 0.15) is 0 Å². The molecule has 1 aliphatic carbocycles. The smallest absolute Gasteiger partial charge is 0.257 e. The lowest BCUT2D eigenvalue weighted by Gasteiger charge is -2.12. The third-order valence-electron chi connectivity index (χ3n) is 3.89. The molecular formula is C15H18N4O2. The molecular weight excluding hydrogens is 268 g/mol. The van der Waals surface area contributed by atoms with Crippen LogP contribution < -0.4 is 10.9 Å². The van der Waals surface area contributed by atoms with Crippen LogP contribution in [-0.2, 0) is 0 Å². The van der Waals surface area contributed by atoms with Gasteiger partial charge in [0.15, 0.2) is 5.82 Å². The Bertz CT molecular complexity index is 727. The maximum absolute atomic E-state index is 12.1. The minimum atomic E-state index is -0.329. The quantitative estimate of drug-likeness (QED) is 0.903. The Morgan fingerprint density at radius 2 is 2.24 bits per heavy atom. The number of nitrogens with one attached hydrogen (secondary N) is 2. The lowest BCUT2D eigenvalue weighted by atomic mass is 10.2. The molecule has 0 radical (unpaired) electrons. The second kappa shape index (κ2) is 5.20. The average molecular weight is 286 g/mol. The van der Waals surface area contributed by atoms with Crippen LogP contribution in [0, 0.1) is 12.8 Å². The van der Waals surface area contributed by atoms with Gasteiger partial charge in [-0.1, -0.05) is 0 Å². The highest BCUT2D eigenvalue weighted by Crippen LogP contribution is 2.39. The van der Waals surface area contributed by atoms with Gasteiger partial charge in [-0.15, -0.1) is 0 Å². The van der Waals surface area contributed by atoms with Crippen LogP contribution in [0.15, 0.2) is 29.2 Å². The van der Waals surface area contributed by atoms with Crippen molar-refractivity contribution in [2.75, 3.05) is 5.32 Å². The fraction of sp³-hybridized carbons (Fsp3) is 0.400. The molecule has 2 aromatic heterocycles. The molecule has 0 spiro atoms. The first-order valence-electron chi connectivity index (χ1n) is 7.11. The molecule has 0 bridgehead atoms. The summed E-state index contributed by atoms with van der Waals surface area (Å²) in [6, 6.07) is 5.04. The van der Waals surface area contributed by atoms with Crippen LogP contribution in [0.25, 0.3) is 0 Å². The number of hydrogen-bond donors (Lipinski definition) is 2. The van der Waals surface area contributed by atoms with Crippen LogP contribution in [0.1, 0.15) is 41.9 Å². The number of H-pyrrole nitrogens is 1. The van der Waals surface area contributed by atoms with E-state index in [-0.39, 0.29) is 11.5 Å². The Kier molecular flexibility index (Phi) is 3.37. The van der Waals surface area contributed by atoms with Gasteiger partial charge in [0.25, 0.3) is 5.91 Å². The third-order valence-corrected chi connectivity index (χ3v) is 3.89. The van der Waals surface area contributed by atoms with Crippen LogP contribution in [-0.4, -0.2) is 20.7 Å². The number of anilines is 1. The van der Waals surface area contributed by atoms with Gasteiger partial charge in [-0.3, -0.25) is 14.3 Å². The molecule has 1 amide bonds. The number of pyridine rings is 1. The number of aromatic nitrogens is 3. The summed E-state index contributed by atoms with van der Waals surface area (Å²) in [5.74, 6) is 0.884. The van der Waals surface area contributed by atoms with Gasteiger partial charge in [-0.25, -0.2) is 0 Å². The largest absolute Gasteiger partial charge is 0.329 e. The van der Waals surface area contributed by atoms with Crippen molar-refractivity contribution in [3.63, 3.8) is 0 Å². The average Bonchev–Trinajstić information content (AvgIpc) is 3.23. The molecule has 21 heavy (non-hydrogen) atoms. The van der Waals surface area contributed by atoms with E-state index in [1.165, 1.54) is 25.1 Å². The van der Waals surface area contributed by atoms with E-state index >= 15 is 0 Å². The molecule has 2 N–H and O–H groups in total.